The second-order valence-electron chi connectivity index (χ2n) is 4.48. The van der Waals surface area contributed by atoms with Crippen LogP contribution in [0.1, 0.15) is 17.1 Å². The zero-order chi connectivity index (χ0) is 12.5. The lowest BCUT2D eigenvalue weighted by atomic mass is 9.99. The number of fused-ring (bicyclic) bond motifs is 1. The summed E-state index contributed by atoms with van der Waals surface area (Å²) in [5, 5.41) is 3.31. The van der Waals surface area contributed by atoms with E-state index < -0.39 is 0 Å². The maximum Gasteiger partial charge on any atom is 0.126 e. The van der Waals surface area contributed by atoms with E-state index in [1.807, 2.05) is 6.92 Å². The molecule has 1 N–H and O–H groups in total. The van der Waals surface area contributed by atoms with E-state index in [0.29, 0.717) is 0 Å². The summed E-state index contributed by atoms with van der Waals surface area (Å²) >= 11 is 0. The van der Waals surface area contributed by atoms with E-state index in [2.05, 4.69) is 15.3 Å². The first kappa shape index (κ1) is 11.3. The van der Waals surface area contributed by atoms with Gasteiger partial charge in [0.25, 0.3) is 0 Å². The number of halogens is 1. The number of nitrogens with one attached hydrogen (secondary N) is 1. The van der Waals surface area contributed by atoms with E-state index in [1.165, 1.54) is 17.7 Å². The molecule has 0 bridgehead atoms. The predicted molar refractivity (Wildman–Crippen MR) is 67.6 cm³/mol. The fourth-order valence-corrected chi connectivity index (χ4v) is 2.33. The monoisotopic (exact) mass is 243 g/mol. The molecule has 92 valence electrons. The van der Waals surface area contributed by atoms with Crippen molar-refractivity contribution in [2.24, 2.45) is 0 Å². The lowest BCUT2D eigenvalue weighted by molar-refractivity contribution is 0.620. The number of aromatic nitrogens is 2. The Morgan fingerprint density at radius 3 is 2.72 bits per heavy atom. The van der Waals surface area contributed by atoms with Crippen molar-refractivity contribution in [1.29, 1.82) is 0 Å². The van der Waals surface area contributed by atoms with Crippen LogP contribution in [0.5, 0.6) is 0 Å². The van der Waals surface area contributed by atoms with Crippen LogP contribution < -0.4 is 5.32 Å². The Labute approximate surface area is 105 Å². The average Bonchev–Trinajstić information content (AvgIpc) is 2.38. The van der Waals surface area contributed by atoms with Gasteiger partial charge >= 0.3 is 0 Å². The Kier molecular flexibility index (Phi) is 2.80. The van der Waals surface area contributed by atoms with Gasteiger partial charge in [0, 0.05) is 17.7 Å². The molecule has 4 heteroatoms. The Bertz CT molecular complexity index is 578. The van der Waals surface area contributed by atoms with Gasteiger partial charge in [-0.05, 0) is 44.2 Å². The molecule has 0 amide bonds. The largest absolute Gasteiger partial charge is 0.311 e. The first-order chi connectivity index (χ1) is 8.74. The number of nitrogens with zero attached hydrogens (tertiary/aromatic N) is 2. The molecule has 0 spiro atoms. The molecule has 0 atom stereocenters. The van der Waals surface area contributed by atoms with Crippen molar-refractivity contribution in [1.82, 2.24) is 15.3 Å². The fourth-order valence-electron chi connectivity index (χ4n) is 2.33. The standard InChI is InChI=1S/C14H14FN3/c1-9-17-13-8-16-7-6-12(13)14(18-9)10-2-4-11(15)5-3-10/h2-5,16H,6-8H2,1H3. The smallest absolute Gasteiger partial charge is 0.126 e. The molecular weight excluding hydrogens is 229 g/mol. The van der Waals surface area contributed by atoms with Crippen LogP contribution in [0.25, 0.3) is 11.3 Å². The normalized spacial score (nSPS) is 14.3. The van der Waals surface area contributed by atoms with E-state index in [9.17, 15) is 4.39 Å². The molecular formula is C14H14FN3. The average molecular weight is 243 g/mol. The molecule has 0 fully saturated rings. The van der Waals surface area contributed by atoms with Crippen molar-refractivity contribution in [3.8, 4) is 11.3 Å². The minimum Gasteiger partial charge on any atom is -0.311 e. The highest BCUT2D eigenvalue weighted by Crippen LogP contribution is 2.26. The number of benzene rings is 1. The highest BCUT2D eigenvalue weighted by Gasteiger charge is 2.17. The van der Waals surface area contributed by atoms with Crippen molar-refractivity contribution in [2.45, 2.75) is 19.9 Å². The molecule has 0 radical (unpaired) electrons. The van der Waals surface area contributed by atoms with Crippen LogP contribution in [0, 0.1) is 12.7 Å². The first-order valence-corrected chi connectivity index (χ1v) is 6.07. The first-order valence-electron chi connectivity index (χ1n) is 6.07. The molecule has 1 aromatic heterocycles. The maximum absolute atomic E-state index is 13.0. The highest BCUT2D eigenvalue weighted by atomic mass is 19.1. The number of hydrogen-bond donors (Lipinski definition) is 1. The SMILES string of the molecule is Cc1nc2c(c(-c3ccc(F)cc3)n1)CCNC2. The van der Waals surface area contributed by atoms with Crippen molar-refractivity contribution < 1.29 is 4.39 Å². The summed E-state index contributed by atoms with van der Waals surface area (Å²) in [4.78, 5) is 8.99. The second-order valence-corrected chi connectivity index (χ2v) is 4.48. The van der Waals surface area contributed by atoms with Crippen LogP contribution in [-0.4, -0.2) is 16.5 Å². The Morgan fingerprint density at radius 1 is 1.17 bits per heavy atom. The van der Waals surface area contributed by atoms with Gasteiger partial charge in [-0.15, -0.1) is 0 Å². The van der Waals surface area contributed by atoms with Gasteiger partial charge in [0.05, 0.1) is 11.4 Å². The van der Waals surface area contributed by atoms with Crippen molar-refractivity contribution in [3.63, 3.8) is 0 Å². The molecule has 1 aliphatic rings. The summed E-state index contributed by atoms with van der Waals surface area (Å²) in [7, 11) is 0. The summed E-state index contributed by atoms with van der Waals surface area (Å²) in [6.07, 6.45) is 0.919. The third-order valence-electron chi connectivity index (χ3n) is 3.17. The Morgan fingerprint density at radius 2 is 1.94 bits per heavy atom. The van der Waals surface area contributed by atoms with E-state index in [1.54, 1.807) is 12.1 Å². The topological polar surface area (TPSA) is 37.8 Å². The van der Waals surface area contributed by atoms with Crippen molar-refractivity contribution in [2.75, 3.05) is 6.54 Å². The minimum absolute atomic E-state index is 0.222. The summed E-state index contributed by atoms with van der Waals surface area (Å²) in [5.74, 6) is 0.539. The van der Waals surface area contributed by atoms with Crippen LogP contribution in [0.2, 0.25) is 0 Å². The molecule has 0 saturated carbocycles. The van der Waals surface area contributed by atoms with Gasteiger partial charge < -0.3 is 5.32 Å². The maximum atomic E-state index is 13.0. The van der Waals surface area contributed by atoms with Gasteiger partial charge in [0.15, 0.2) is 0 Å². The summed E-state index contributed by atoms with van der Waals surface area (Å²) in [5.41, 5.74) is 4.15. The van der Waals surface area contributed by atoms with E-state index in [-0.39, 0.29) is 5.82 Å². The van der Waals surface area contributed by atoms with E-state index in [4.69, 9.17) is 0 Å². The van der Waals surface area contributed by atoms with E-state index in [0.717, 1.165) is 42.3 Å². The number of rotatable bonds is 1. The Balaban J connectivity index is 2.16. The molecule has 2 heterocycles. The molecule has 1 aliphatic heterocycles. The molecule has 3 nitrogen and oxygen atoms in total. The summed E-state index contributed by atoms with van der Waals surface area (Å²) < 4.78 is 13.0. The predicted octanol–water partition coefficient (Wildman–Crippen LogP) is 2.24. The number of aryl methyl sites for hydroxylation is 1. The quantitative estimate of drug-likeness (QED) is 0.834. The molecule has 18 heavy (non-hydrogen) atoms. The van der Waals surface area contributed by atoms with Crippen LogP contribution in [0.4, 0.5) is 4.39 Å². The van der Waals surface area contributed by atoms with Crippen LogP contribution in [-0.2, 0) is 13.0 Å². The second kappa shape index (κ2) is 4.46. The van der Waals surface area contributed by atoms with E-state index >= 15 is 0 Å². The third-order valence-corrected chi connectivity index (χ3v) is 3.17. The molecule has 1 aromatic carbocycles. The third kappa shape index (κ3) is 1.99. The van der Waals surface area contributed by atoms with Gasteiger partial charge in [-0.1, -0.05) is 0 Å². The molecule has 0 aliphatic carbocycles. The minimum atomic E-state index is -0.222. The molecule has 2 aromatic rings. The van der Waals surface area contributed by atoms with Gasteiger partial charge in [-0.3, -0.25) is 0 Å². The fraction of sp³-hybridized carbons (Fsp3) is 0.286. The van der Waals surface area contributed by atoms with Crippen LogP contribution in [0.3, 0.4) is 0 Å². The highest BCUT2D eigenvalue weighted by molar-refractivity contribution is 5.64. The van der Waals surface area contributed by atoms with Crippen LogP contribution >= 0.6 is 0 Å². The zero-order valence-corrected chi connectivity index (χ0v) is 10.2. The summed E-state index contributed by atoms with van der Waals surface area (Å²) in [6.45, 7) is 3.61. The lowest BCUT2D eigenvalue weighted by Crippen LogP contribution is -2.26. The lowest BCUT2D eigenvalue weighted by Gasteiger charge is -2.19. The van der Waals surface area contributed by atoms with Gasteiger partial charge in [-0.2, -0.15) is 0 Å². The zero-order valence-electron chi connectivity index (χ0n) is 10.2. The molecule has 0 unspecified atom stereocenters. The van der Waals surface area contributed by atoms with Crippen LogP contribution in [0.15, 0.2) is 24.3 Å². The van der Waals surface area contributed by atoms with Gasteiger partial charge in [-0.25, -0.2) is 14.4 Å². The Hall–Kier alpha value is -1.81. The van der Waals surface area contributed by atoms with Crippen molar-refractivity contribution in [3.05, 3.63) is 47.2 Å². The molecule has 3 rings (SSSR count). The van der Waals surface area contributed by atoms with Gasteiger partial charge in [0.2, 0.25) is 0 Å². The summed E-state index contributed by atoms with van der Waals surface area (Å²) in [6, 6.07) is 6.50. The number of hydrogen-bond acceptors (Lipinski definition) is 3. The van der Waals surface area contributed by atoms with Gasteiger partial charge in [0.1, 0.15) is 11.6 Å². The molecule has 0 saturated heterocycles. The van der Waals surface area contributed by atoms with Crippen molar-refractivity contribution >= 4 is 0 Å².